The Bertz CT molecular complexity index is 553. The van der Waals surface area contributed by atoms with Gasteiger partial charge in [0, 0.05) is 20.0 Å². The van der Waals surface area contributed by atoms with Crippen LogP contribution in [0.15, 0.2) is 30.3 Å². The van der Waals surface area contributed by atoms with Crippen LogP contribution in [0.25, 0.3) is 0 Å². The van der Waals surface area contributed by atoms with Crippen LogP contribution in [0, 0.1) is 0 Å². The molecule has 1 aliphatic heterocycles. The number of carbonyl (C=O) groups excluding carboxylic acids is 3. The molecule has 1 aliphatic rings. The van der Waals surface area contributed by atoms with Crippen molar-refractivity contribution in [2.75, 3.05) is 19.6 Å². The van der Waals surface area contributed by atoms with Crippen LogP contribution in [-0.2, 0) is 14.4 Å². The third kappa shape index (κ3) is 5.39. The first-order valence-electron chi connectivity index (χ1n) is 7.93. The first kappa shape index (κ1) is 17.0. The predicted octanol–water partition coefficient (Wildman–Crippen LogP) is 0.993. The third-order valence-corrected chi connectivity index (χ3v) is 3.86. The van der Waals surface area contributed by atoms with E-state index in [1.165, 1.54) is 6.92 Å². The van der Waals surface area contributed by atoms with Crippen LogP contribution in [0.2, 0.25) is 0 Å². The minimum Gasteiger partial charge on any atom is -0.349 e. The molecule has 3 amide bonds. The fraction of sp³-hybridized carbons (Fsp3) is 0.471. The van der Waals surface area contributed by atoms with Crippen LogP contribution in [0.3, 0.4) is 0 Å². The van der Waals surface area contributed by atoms with Crippen LogP contribution in [-0.4, -0.2) is 42.3 Å². The molecule has 2 N–H and O–H groups in total. The minimum absolute atomic E-state index is 0.0143. The summed E-state index contributed by atoms with van der Waals surface area (Å²) in [6.45, 7) is 2.98. The highest BCUT2D eigenvalue weighted by Gasteiger charge is 2.20. The molecule has 1 atom stereocenters. The summed E-state index contributed by atoms with van der Waals surface area (Å²) < 4.78 is 0. The summed E-state index contributed by atoms with van der Waals surface area (Å²) in [4.78, 5) is 37.1. The van der Waals surface area contributed by atoms with Crippen molar-refractivity contribution in [3.8, 4) is 0 Å². The van der Waals surface area contributed by atoms with E-state index >= 15 is 0 Å². The van der Waals surface area contributed by atoms with E-state index in [0.717, 1.165) is 31.5 Å². The number of hydrogen-bond donors (Lipinski definition) is 2. The molecule has 6 heteroatoms. The van der Waals surface area contributed by atoms with E-state index in [-0.39, 0.29) is 30.7 Å². The highest BCUT2D eigenvalue weighted by atomic mass is 16.2. The maximum absolute atomic E-state index is 12.1. The van der Waals surface area contributed by atoms with Gasteiger partial charge in [-0.2, -0.15) is 0 Å². The van der Waals surface area contributed by atoms with Crippen molar-refractivity contribution in [1.29, 1.82) is 0 Å². The lowest BCUT2D eigenvalue weighted by atomic mass is 10.0. The molecule has 1 saturated heterocycles. The van der Waals surface area contributed by atoms with Crippen molar-refractivity contribution < 1.29 is 14.4 Å². The summed E-state index contributed by atoms with van der Waals surface area (Å²) in [5.41, 5.74) is 0.865. The zero-order chi connectivity index (χ0) is 16.7. The number of amides is 3. The van der Waals surface area contributed by atoms with Gasteiger partial charge in [-0.05, 0) is 18.4 Å². The fourth-order valence-electron chi connectivity index (χ4n) is 2.69. The first-order chi connectivity index (χ1) is 11.1. The Kier molecular flexibility index (Phi) is 6.14. The molecule has 1 heterocycles. The van der Waals surface area contributed by atoms with Gasteiger partial charge in [-0.25, -0.2) is 0 Å². The number of benzene rings is 1. The van der Waals surface area contributed by atoms with E-state index in [4.69, 9.17) is 0 Å². The summed E-state index contributed by atoms with van der Waals surface area (Å²) >= 11 is 0. The first-order valence-corrected chi connectivity index (χ1v) is 7.93. The predicted molar refractivity (Wildman–Crippen MR) is 86.4 cm³/mol. The zero-order valence-electron chi connectivity index (χ0n) is 13.4. The molecule has 0 spiro atoms. The maximum atomic E-state index is 12.1. The molecule has 124 valence electrons. The number of rotatable bonds is 6. The van der Waals surface area contributed by atoms with Gasteiger partial charge in [0.15, 0.2) is 0 Å². The molecule has 1 aromatic rings. The van der Waals surface area contributed by atoms with Crippen LogP contribution < -0.4 is 10.6 Å². The third-order valence-electron chi connectivity index (χ3n) is 3.86. The molecule has 2 rings (SSSR count). The monoisotopic (exact) mass is 317 g/mol. The zero-order valence-corrected chi connectivity index (χ0v) is 13.4. The van der Waals surface area contributed by atoms with Gasteiger partial charge < -0.3 is 15.5 Å². The molecular weight excluding hydrogens is 294 g/mol. The molecule has 1 fully saturated rings. The van der Waals surface area contributed by atoms with Gasteiger partial charge in [0.2, 0.25) is 17.7 Å². The summed E-state index contributed by atoms with van der Waals surface area (Å²) in [5.74, 6) is -0.494. The molecule has 0 aliphatic carbocycles. The summed E-state index contributed by atoms with van der Waals surface area (Å²) in [6.07, 6.45) is 2.16. The van der Waals surface area contributed by atoms with Gasteiger partial charge in [-0.3, -0.25) is 14.4 Å². The van der Waals surface area contributed by atoms with Gasteiger partial charge in [0.1, 0.15) is 0 Å². The van der Waals surface area contributed by atoms with Crippen molar-refractivity contribution in [3.05, 3.63) is 35.9 Å². The minimum atomic E-state index is -0.393. The van der Waals surface area contributed by atoms with E-state index in [1.54, 1.807) is 4.90 Å². The largest absolute Gasteiger partial charge is 0.349 e. The summed E-state index contributed by atoms with van der Waals surface area (Å²) in [5, 5.41) is 5.43. The van der Waals surface area contributed by atoms with Gasteiger partial charge >= 0.3 is 0 Å². The second-order valence-electron chi connectivity index (χ2n) is 5.73. The number of nitrogens with one attached hydrogen (secondary N) is 2. The van der Waals surface area contributed by atoms with Crippen molar-refractivity contribution in [2.24, 2.45) is 0 Å². The SMILES string of the molecule is CC(=O)NC(CC(=O)NCC(=O)N1CCCC1)c1ccccc1. The second-order valence-corrected chi connectivity index (χ2v) is 5.73. The molecule has 0 radical (unpaired) electrons. The summed E-state index contributed by atoms with van der Waals surface area (Å²) in [6, 6.07) is 8.93. The smallest absolute Gasteiger partial charge is 0.241 e. The molecule has 6 nitrogen and oxygen atoms in total. The number of likely N-dealkylation sites (tertiary alicyclic amines) is 1. The Morgan fingerprint density at radius 1 is 1.13 bits per heavy atom. The van der Waals surface area contributed by atoms with Crippen LogP contribution in [0.5, 0.6) is 0 Å². The van der Waals surface area contributed by atoms with Crippen molar-refractivity contribution in [3.63, 3.8) is 0 Å². The fourth-order valence-corrected chi connectivity index (χ4v) is 2.69. The summed E-state index contributed by atoms with van der Waals surface area (Å²) in [7, 11) is 0. The average molecular weight is 317 g/mol. The Labute approximate surface area is 136 Å². The number of nitrogens with zero attached hydrogens (tertiary/aromatic N) is 1. The Balaban J connectivity index is 1.87. The van der Waals surface area contributed by atoms with Crippen LogP contribution >= 0.6 is 0 Å². The number of carbonyl (C=O) groups is 3. The lowest BCUT2D eigenvalue weighted by Crippen LogP contribution is -2.40. The highest BCUT2D eigenvalue weighted by Crippen LogP contribution is 2.16. The lowest BCUT2D eigenvalue weighted by Gasteiger charge is -2.19. The standard InChI is InChI=1S/C17H23N3O3/c1-13(21)19-15(14-7-3-2-4-8-14)11-16(22)18-12-17(23)20-9-5-6-10-20/h2-4,7-8,15H,5-6,9-12H2,1H3,(H,18,22)(H,19,21). The van der Waals surface area contributed by atoms with Crippen molar-refractivity contribution >= 4 is 17.7 Å². The van der Waals surface area contributed by atoms with E-state index in [1.807, 2.05) is 30.3 Å². The van der Waals surface area contributed by atoms with Gasteiger partial charge in [-0.15, -0.1) is 0 Å². The van der Waals surface area contributed by atoms with Gasteiger partial charge in [0.05, 0.1) is 19.0 Å². The maximum Gasteiger partial charge on any atom is 0.241 e. The Morgan fingerprint density at radius 3 is 2.39 bits per heavy atom. The molecular formula is C17H23N3O3. The van der Waals surface area contributed by atoms with Crippen molar-refractivity contribution in [2.45, 2.75) is 32.2 Å². The van der Waals surface area contributed by atoms with Crippen LogP contribution in [0.4, 0.5) is 0 Å². The van der Waals surface area contributed by atoms with Crippen molar-refractivity contribution in [1.82, 2.24) is 15.5 Å². The Hall–Kier alpha value is -2.37. The molecule has 1 unspecified atom stereocenters. The molecule has 0 bridgehead atoms. The quantitative estimate of drug-likeness (QED) is 0.821. The van der Waals surface area contributed by atoms with E-state index < -0.39 is 6.04 Å². The Morgan fingerprint density at radius 2 is 1.78 bits per heavy atom. The highest BCUT2D eigenvalue weighted by molar-refractivity contribution is 5.85. The van der Waals surface area contributed by atoms with Gasteiger partial charge in [-0.1, -0.05) is 30.3 Å². The number of hydrogen-bond acceptors (Lipinski definition) is 3. The second kappa shape index (κ2) is 8.31. The molecule has 0 aromatic heterocycles. The lowest BCUT2D eigenvalue weighted by molar-refractivity contribution is -0.132. The normalized spacial score (nSPS) is 15.1. The molecule has 0 saturated carbocycles. The molecule has 23 heavy (non-hydrogen) atoms. The van der Waals surface area contributed by atoms with E-state index in [9.17, 15) is 14.4 Å². The van der Waals surface area contributed by atoms with Crippen LogP contribution in [0.1, 0.15) is 37.8 Å². The average Bonchev–Trinajstić information content (AvgIpc) is 3.07. The van der Waals surface area contributed by atoms with E-state index in [2.05, 4.69) is 10.6 Å². The molecule has 1 aromatic carbocycles. The topological polar surface area (TPSA) is 78.5 Å². The van der Waals surface area contributed by atoms with E-state index in [0.29, 0.717) is 0 Å². The van der Waals surface area contributed by atoms with Gasteiger partial charge in [0.25, 0.3) is 0 Å².